The summed E-state index contributed by atoms with van der Waals surface area (Å²) in [5.41, 5.74) is 0.390. The quantitative estimate of drug-likeness (QED) is 0.705. The van der Waals surface area contributed by atoms with Crippen molar-refractivity contribution < 1.29 is 27.4 Å². The number of alkyl halides is 3. The highest BCUT2D eigenvalue weighted by atomic mass is 19.4. The molecule has 0 unspecified atom stereocenters. The van der Waals surface area contributed by atoms with Gasteiger partial charge < -0.3 is 14.8 Å². The molecule has 3 aromatic rings. The van der Waals surface area contributed by atoms with E-state index in [1.54, 1.807) is 0 Å². The smallest absolute Gasteiger partial charge is 0.417 e. The van der Waals surface area contributed by atoms with Crippen LogP contribution in [-0.2, 0) is 23.9 Å². The number of rotatable bonds is 5. The van der Waals surface area contributed by atoms with E-state index in [1.807, 2.05) is 18.2 Å². The summed E-state index contributed by atoms with van der Waals surface area (Å²) in [5, 5.41) is 10.3. The lowest BCUT2D eigenvalue weighted by Crippen LogP contribution is -2.24. The topological polar surface area (TPSA) is 77.8 Å². The van der Waals surface area contributed by atoms with Gasteiger partial charge in [0.15, 0.2) is 23.0 Å². The molecule has 1 aliphatic heterocycles. The van der Waals surface area contributed by atoms with E-state index >= 15 is 0 Å². The van der Waals surface area contributed by atoms with Crippen molar-refractivity contribution in [1.82, 2.24) is 19.9 Å². The predicted octanol–water partition coefficient (Wildman–Crippen LogP) is 2.77. The Hall–Kier alpha value is -3.30. The van der Waals surface area contributed by atoms with Crippen molar-refractivity contribution in [2.45, 2.75) is 25.6 Å². The zero-order chi connectivity index (χ0) is 20.4. The number of hydrogen-bond acceptors (Lipinski definition) is 5. The fourth-order valence-electron chi connectivity index (χ4n) is 2.99. The molecule has 0 atom stereocenters. The summed E-state index contributed by atoms with van der Waals surface area (Å²) in [5.74, 6) is 1.31. The molecule has 0 bridgehead atoms. The van der Waals surface area contributed by atoms with Crippen molar-refractivity contribution in [2.75, 3.05) is 13.2 Å². The van der Waals surface area contributed by atoms with Crippen molar-refractivity contribution in [2.24, 2.45) is 0 Å². The molecular formula is C19H17F3N4O3. The molecule has 0 aliphatic carbocycles. The first-order valence-corrected chi connectivity index (χ1v) is 8.96. The van der Waals surface area contributed by atoms with Crippen LogP contribution in [0.2, 0.25) is 0 Å². The molecule has 152 valence electrons. The van der Waals surface area contributed by atoms with Gasteiger partial charge in [0.05, 0.1) is 12.1 Å². The fourth-order valence-corrected chi connectivity index (χ4v) is 2.99. The van der Waals surface area contributed by atoms with E-state index in [0.717, 1.165) is 17.8 Å². The van der Waals surface area contributed by atoms with Gasteiger partial charge in [-0.05, 0) is 36.2 Å². The number of carbonyl (C=O) groups is 1. The highest BCUT2D eigenvalue weighted by Gasteiger charge is 2.31. The number of hydrogen-bond donors (Lipinski definition) is 1. The Kier molecular flexibility index (Phi) is 4.99. The number of carbonyl (C=O) groups excluding carboxylic acids is 1. The normalized spacial score (nSPS) is 13.5. The summed E-state index contributed by atoms with van der Waals surface area (Å²) in [7, 11) is 0. The molecule has 1 aliphatic rings. The third-order valence-electron chi connectivity index (χ3n) is 4.49. The van der Waals surface area contributed by atoms with Crippen LogP contribution in [-0.4, -0.2) is 33.7 Å². The van der Waals surface area contributed by atoms with Crippen LogP contribution in [0, 0.1) is 0 Å². The van der Waals surface area contributed by atoms with Crippen LogP contribution in [0.25, 0.3) is 5.65 Å². The summed E-state index contributed by atoms with van der Waals surface area (Å²) in [6.45, 7) is 0.971. The van der Waals surface area contributed by atoms with Gasteiger partial charge in [0, 0.05) is 12.6 Å². The SMILES string of the molecule is O=C(CCc1ccc2c(c1)OCCO2)NCc1nnc2ccc(C(F)(F)F)cn12. The maximum absolute atomic E-state index is 12.9. The minimum Gasteiger partial charge on any atom is -0.486 e. The summed E-state index contributed by atoms with van der Waals surface area (Å²) in [6.07, 6.45) is -2.85. The van der Waals surface area contributed by atoms with E-state index in [0.29, 0.717) is 31.1 Å². The van der Waals surface area contributed by atoms with Crippen LogP contribution in [0.15, 0.2) is 36.5 Å². The summed E-state index contributed by atoms with van der Waals surface area (Å²) in [4.78, 5) is 12.2. The summed E-state index contributed by atoms with van der Waals surface area (Å²) in [6, 6.07) is 7.70. The van der Waals surface area contributed by atoms with Gasteiger partial charge in [0.25, 0.3) is 0 Å². The zero-order valence-corrected chi connectivity index (χ0v) is 15.2. The lowest BCUT2D eigenvalue weighted by molar-refractivity contribution is -0.137. The highest BCUT2D eigenvalue weighted by molar-refractivity contribution is 5.76. The van der Waals surface area contributed by atoms with Crippen molar-refractivity contribution in [1.29, 1.82) is 0 Å². The number of nitrogens with one attached hydrogen (secondary N) is 1. The van der Waals surface area contributed by atoms with Gasteiger partial charge in [-0.25, -0.2) is 0 Å². The second-order valence-corrected chi connectivity index (χ2v) is 6.51. The van der Waals surface area contributed by atoms with Crippen molar-refractivity contribution in [3.05, 3.63) is 53.5 Å². The third-order valence-corrected chi connectivity index (χ3v) is 4.49. The van der Waals surface area contributed by atoms with Crippen LogP contribution >= 0.6 is 0 Å². The minimum absolute atomic E-state index is 0.0253. The Bertz CT molecular complexity index is 1050. The lowest BCUT2D eigenvalue weighted by Gasteiger charge is -2.18. The standard InChI is InChI=1S/C19H17F3N4O3/c20-19(21,22)13-3-5-16-24-25-17(26(16)11-13)10-23-18(27)6-2-12-1-4-14-15(9-12)29-8-7-28-14/h1,3-5,9,11H,2,6-8,10H2,(H,23,27). The van der Waals surface area contributed by atoms with E-state index in [1.165, 1.54) is 10.5 Å². The van der Waals surface area contributed by atoms with E-state index in [9.17, 15) is 18.0 Å². The molecule has 0 spiro atoms. The number of nitrogens with zero attached hydrogens (tertiary/aromatic N) is 3. The van der Waals surface area contributed by atoms with Gasteiger partial charge >= 0.3 is 6.18 Å². The Morgan fingerprint density at radius 1 is 1.10 bits per heavy atom. The van der Waals surface area contributed by atoms with Crippen LogP contribution in [0.4, 0.5) is 13.2 Å². The molecule has 1 amide bonds. The van der Waals surface area contributed by atoms with Crippen LogP contribution in [0.3, 0.4) is 0 Å². The Balaban J connectivity index is 1.36. The van der Waals surface area contributed by atoms with Crippen molar-refractivity contribution in [3.63, 3.8) is 0 Å². The maximum atomic E-state index is 12.9. The Morgan fingerprint density at radius 3 is 2.69 bits per heavy atom. The van der Waals surface area contributed by atoms with Gasteiger partial charge in [-0.2, -0.15) is 13.2 Å². The van der Waals surface area contributed by atoms with Gasteiger partial charge in [0.2, 0.25) is 5.91 Å². The number of fused-ring (bicyclic) bond motifs is 2. The molecule has 0 fully saturated rings. The molecule has 10 heteroatoms. The second kappa shape index (κ2) is 7.61. The predicted molar refractivity (Wildman–Crippen MR) is 95.6 cm³/mol. The Morgan fingerprint density at radius 2 is 1.90 bits per heavy atom. The molecule has 2 aromatic heterocycles. The zero-order valence-electron chi connectivity index (χ0n) is 15.2. The number of pyridine rings is 1. The number of halogens is 3. The highest BCUT2D eigenvalue weighted by Crippen LogP contribution is 2.31. The average molecular weight is 406 g/mol. The van der Waals surface area contributed by atoms with Crippen LogP contribution < -0.4 is 14.8 Å². The molecule has 0 saturated carbocycles. The third kappa shape index (κ3) is 4.25. The monoisotopic (exact) mass is 406 g/mol. The van der Waals surface area contributed by atoms with Gasteiger partial charge in [-0.1, -0.05) is 6.07 Å². The Labute approximate surface area is 163 Å². The van der Waals surface area contributed by atoms with Crippen molar-refractivity contribution >= 4 is 11.6 Å². The largest absolute Gasteiger partial charge is 0.486 e. The van der Waals surface area contributed by atoms with Crippen LogP contribution in [0.5, 0.6) is 11.5 Å². The van der Waals surface area contributed by atoms with Gasteiger partial charge in [0.1, 0.15) is 13.2 Å². The van der Waals surface area contributed by atoms with E-state index in [-0.39, 0.29) is 30.3 Å². The van der Waals surface area contributed by atoms with Gasteiger partial charge in [-0.3, -0.25) is 9.20 Å². The van der Waals surface area contributed by atoms with Crippen molar-refractivity contribution in [3.8, 4) is 11.5 Å². The molecule has 0 saturated heterocycles. The number of amides is 1. The summed E-state index contributed by atoms with van der Waals surface area (Å²) >= 11 is 0. The minimum atomic E-state index is -4.47. The molecule has 7 nitrogen and oxygen atoms in total. The number of aryl methyl sites for hydroxylation is 1. The maximum Gasteiger partial charge on any atom is 0.417 e. The average Bonchev–Trinajstić information content (AvgIpc) is 3.12. The molecule has 0 radical (unpaired) electrons. The number of aromatic nitrogens is 3. The van der Waals surface area contributed by atoms with E-state index < -0.39 is 11.7 Å². The van der Waals surface area contributed by atoms with E-state index in [2.05, 4.69) is 15.5 Å². The fraction of sp³-hybridized carbons (Fsp3) is 0.316. The number of ether oxygens (including phenoxy) is 2. The van der Waals surface area contributed by atoms with Crippen LogP contribution in [0.1, 0.15) is 23.4 Å². The van der Waals surface area contributed by atoms with Gasteiger partial charge in [-0.15, -0.1) is 10.2 Å². The molecule has 1 aromatic carbocycles. The molecule has 29 heavy (non-hydrogen) atoms. The summed E-state index contributed by atoms with van der Waals surface area (Å²) < 4.78 is 50.9. The number of benzene rings is 1. The molecule has 1 N–H and O–H groups in total. The molecule has 3 heterocycles. The molecule has 4 rings (SSSR count). The molecular weight excluding hydrogens is 389 g/mol. The second-order valence-electron chi connectivity index (χ2n) is 6.51. The first-order valence-electron chi connectivity index (χ1n) is 8.96. The lowest BCUT2D eigenvalue weighted by atomic mass is 10.1. The van der Waals surface area contributed by atoms with E-state index in [4.69, 9.17) is 9.47 Å². The first-order chi connectivity index (χ1) is 13.9. The first kappa shape index (κ1) is 19.0.